The summed E-state index contributed by atoms with van der Waals surface area (Å²) < 4.78 is 24.9. The Labute approximate surface area is 110 Å². The summed E-state index contributed by atoms with van der Waals surface area (Å²) in [6.45, 7) is 0.805. The number of halogens is 2. The van der Waals surface area contributed by atoms with Crippen LogP contribution in [0.1, 0.15) is 0 Å². The molecule has 0 bridgehead atoms. The van der Waals surface area contributed by atoms with E-state index in [9.17, 15) is 4.57 Å². The van der Waals surface area contributed by atoms with Gasteiger partial charge in [-0.15, -0.1) is 23.2 Å². The van der Waals surface area contributed by atoms with Crippen molar-refractivity contribution in [3.8, 4) is 11.5 Å². The number of alkyl halides is 2. The summed E-state index contributed by atoms with van der Waals surface area (Å²) in [5.74, 6) is 1.66. The molecule has 0 N–H and O–H groups in total. The molecule has 17 heavy (non-hydrogen) atoms. The first-order valence-corrected chi connectivity index (χ1v) is 7.71. The fourth-order valence-electron chi connectivity index (χ4n) is 1.54. The van der Waals surface area contributed by atoms with Crippen LogP contribution in [0.2, 0.25) is 0 Å². The molecule has 1 aliphatic rings. The van der Waals surface area contributed by atoms with Gasteiger partial charge in [0.25, 0.3) is 0 Å². The van der Waals surface area contributed by atoms with E-state index in [-0.39, 0.29) is 0 Å². The smallest absolute Gasteiger partial charge is 0.400 e. The molecule has 0 saturated carbocycles. The molecule has 0 radical (unpaired) electrons. The van der Waals surface area contributed by atoms with Crippen molar-refractivity contribution in [1.82, 2.24) is 4.67 Å². The maximum absolute atomic E-state index is 12.5. The summed E-state index contributed by atoms with van der Waals surface area (Å²) in [6, 6.07) is 7.03. The minimum atomic E-state index is -3.33. The quantitative estimate of drug-likeness (QED) is 0.617. The van der Waals surface area contributed by atoms with Gasteiger partial charge in [0, 0.05) is 24.8 Å². The van der Waals surface area contributed by atoms with E-state index >= 15 is 0 Å². The summed E-state index contributed by atoms with van der Waals surface area (Å²) >= 11 is 11.3. The molecule has 0 unspecified atom stereocenters. The third-order valence-corrected chi connectivity index (χ3v) is 4.59. The molecule has 0 amide bonds. The van der Waals surface area contributed by atoms with Crippen LogP contribution < -0.4 is 9.05 Å². The van der Waals surface area contributed by atoms with E-state index in [0.717, 1.165) is 0 Å². The van der Waals surface area contributed by atoms with Gasteiger partial charge in [-0.2, -0.15) is 4.67 Å². The van der Waals surface area contributed by atoms with Crippen LogP contribution >= 0.6 is 30.9 Å². The molecule has 0 spiro atoms. The molecule has 1 heterocycles. The van der Waals surface area contributed by atoms with Crippen LogP contribution in [0.3, 0.4) is 0 Å². The van der Waals surface area contributed by atoms with E-state index in [0.29, 0.717) is 36.3 Å². The van der Waals surface area contributed by atoms with E-state index in [2.05, 4.69) is 0 Å². The summed E-state index contributed by atoms with van der Waals surface area (Å²) in [6.07, 6.45) is 0. The van der Waals surface area contributed by atoms with Gasteiger partial charge in [0.15, 0.2) is 11.5 Å². The average Bonchev–Trinajstić information content (AvgIpc) is 2.66. The minimum Gasteiger partial charge on any atom is -0.400 e. The van der Waals surface area contributed by atoms with Gasteiger partial charge in [0.05, 0.1) is 0 Å². The molecule has 0 saturated heterocycles. The number of benzene rings is 1. The van der Waals surface area contributed by atoms with Gasteiger partial charge < -0.3 is 9.05 Å². The van der Waals surface area contributed by atoms with Crippen molar-refractivity contribution >= 4 is 30.9 Å². The second-order valence-corrected chi connectivity index (χ2v) is 6.05. The molecule has 0 atom stereocenters. The molecular weight excluding hydrogens is 284 g/mol. The molecule has 1 aromatic carbocycles. The molecule has 94 valence electrons. The van der Waals surface area contributed by atoms with E-state index < -0.39 is 7.75 Å². The van der Waals surface area contributed by atoms with Crippen molar-refractivity contribution in [3.63, 3.8) is 0 Å². The van der Waals surface area contributed by atoms with Gasteiger partial charge in [-0.1, -0.05) is 12.1 Å². The fourth-order valence-corrected chi connectivity index (χ4v) is 3.94. The third kappa shape index (κ3) is 2.71. The van der Waals surface area contributed by atoms with Crippen LogP contribution in [-0.2, 0) is 4.57 Å². The molecule has 7 heteroatoms. The summed E-state index contributed by atoms with van der Waals surface area (Å²) in [7, 11) is -3.33. The van der Waals surface area contributed by atoms with Crippen LogP contribution in [-0.4, -0.2) is 29.5 Å². The first-order chi connectivity index (χ1) is 8.19. The fraction of sp³-hybridized carbons (Fsp3) is 0.400. The van der Waals surface area contributed by atoms with Gasteiger partial charge in [0.1, 0.15) is 0 Å². The summed E-state index contributed by atoms with van der Waals surface area (Å²) in [5.41, 5.74) is 0. The van der Waals surface area contributed by atoms with Gasteiger partial charge in [0.2, 0.25) is 0 Å². The number of hydrogen-bond donors (Lipinski definition) is 0. The number of rotatable bonds is 5. The molecular formula is C10H12Cl2NO3P. The SMILES string of the molecule is O=P1(N(CCCl)CCCl)Oc2ccccc2O1. The second-order valence-electron chi connectivity index (χ2n) is 3.43. The van der Waals surface area contributed by atoms with Crippen LogP contribution in [0, 0.1) is 0 Å². The molecule has 0 aliphatic carbocycles. The highest BCUT2D eigenvalue weighted by Crippen LogP contribution is 2.60. The normalized spacial score (nSPS) is 16.4. The van der Waals surface area contributed by atoms with E-state index in [1.807, 2.05) is 0 Å². The van der Waals surface area contributed by atoms with E-state index in [4.69, 9.17) is 32.2 Å². The monoisotopic (exact) mass is 295 g/mol. The number of hydrogen-bond acceptors (Lipinski definition) is 3. The Morgan fingerprint density at radius 1 is 1.06 bits per heavy atom. The Balaban J connectivity index is 2.19. The predicted molar refractivity (Wildman–Crippen MR) is 68.3 cm³/mol. The highest BCUT2D eigenvalue weighted by Gasteiger charge is 2.42. The largest absolute Gasteiger partial charge is 0.515 e. The lowest BCUT2D eigenvalue weighted by molar-refractivity contribution is 0.325. The van der Waals surface area contributed by atoms with Crippen molar-refractivity contribution in [3.05, 3.63) is 24.3 Å². The summed E-state index contributed by atoms with van der Waals surface area (Å²) in [4.78, 5) is 0. The number of nitrogens with zero attached hydrogens (tertiary/aromatic N) is 1. The van der Waals surface area contributed by atoms with Crippen molar-refractivity contribution in [2.75, 3.05) is 24.8 Å². The van der Waals surface area contributed by atoms with E-state index in [1.54, 1.807) is 28.9 Å². The Hall–Kier alpha value is -0.410. The first kappa shape index (κ1) is 13.0. The Kier molecular flexibility index (Phi) is 4.21. The zero-order valence-electron chi connectivity index (χ0n) is 9.01. The minimum absolute atomic E-state index is 0.337. The zero-order valence-corrected chi connectivity index (χ0v) is 11.4. The van der Waals surface area contributed by atoms with E-state index in [1.165, 1.54) is 0 Å². The molecule has 2 rings (SSSR count). The van der Waals surface area contributed by atoms with Crippen LogP contribution in [0.4, 0.5) is 0 Å². The van der Waals surface area contributed by atoms with Crippen molar-refractivity contribution in [2.45, 2.75) is 0 Å². The first-order valence-electron chi connectivity index (χ1n) is 5.15. The maximum Gasteiger partial charge on any atom is 0.515 e. The van der Waals surface area contributed by atoms with Crippen molar-refractivity contribution in [1.29, 1.82) is 0 Å². The molecule has 4 nitrogen and oxygen atoms in total. The van der Waals surface area contributed by atoms with Crippen LogP contribution in [0.25, 0.3) is 0 Å². The van der Waals surface area contributed by atoms with Gasteiger partial charge in [-0.05, 0) is 12.1 Å². The molecule has 1 aromatic rings. The summed E-state index contributed by atoms with van der Waals surface area (Å²) in [5, 5.41) is 0. The standard InChI is InChI=1S/C10H12Cl2NO3P/c11-5-7-13(8-6-12)17(14)15-9-3-1-2-4-10(9)16-17/h1-4H,5-8H2. The molecule has 1 aliphatic heterocycles. The average molecular weight is 296 g/mol. The molecule has 0 aromatic heterocycles. The van der Waals surface area contributed by atoms with Crippen LogP contribution in [0.15, 0.2) is 24.3 Å². The Morgan fingerprint density at radius 3 is 1.94 bits per heavy atom. The van der Waals surface area contributed by atoms with Crippen molar-refractivity contribution < 1.29 is 13.6 Å². The topological polar surface area (TPSA) is 38.8 Å². The maximum atomic E-state index is 12.5. The highest BCUT2D eigenvalue weighted by molar-refractivity contribution is 7.52. The number of fused-ring (bicyclic) bond motifs is 1. The predicted octanol–water partition coefficient (Wildman–Crippen LogP) is 3.35. The Morgan fingerprint density at radius 2 is 1.53 bits per heavy atom. The third-order valence-electron chi connectivity index (χ3n) is 2.31. The van der Waals surface area contributed by atoms with Gasteiger partial charge in [-0.3, -0.25) is 0 Å². The lowest BCUT2D eigenvalue weighted by Gasteiger charge is -2.23. The number of para-hydroxylation sites is 2. The lowest BCUT2D eigenvalue weighted by atomic mass is 10.3. The van der Waals surface area contributed by atoms with Gasteiger partial charge >= 0.3 is 7.75 Å². The van der Waals surface area contributed by atoms with Gasteiger partial charge in [-0.25, -0.2) is 4.57 Å². The van der Waals surface area contributed by atoms with Crippen molar-refractivity contribution in [2.24, 2.45) is 0 Å². The Bertz CT molecular complexity index is 408. The second kappa shape index (κ2) is 5.49. The van der Waals surface area contributed by atoms with Crippen LogP contribution in [0.5, 0.6) is 11.5 Å². The zero-order chi connectivity index (χ0) is 12.3. The molecule has 0 fully saturated rings. The lowest BCUT2D eigenvalue weighted by Crippen LogP contribution is -2.27. The highest BCUT2D eigenvalue weighted by atomic mass is 35.5.